The number of hydrazone groups is 1. The third-order valence-electron chi connectivity index (χ3n) is 5.46. The average Bonchev–Trinajstić information content (AvgIpc) is 3.24. The third kappa shape index (κ3) is 3.27. The second kappa shape index (κ2) is 7.61. The number of ether oxygens (including phenoxy) is 2. The first-order valence-corrected chi connectivity index (χ1v) is 10.5. The van der Waals surface area contributed by atoms with Crippen molar-refractivity contribution in [3.05, 3.63) is 94.0 Å². The van der Waals surface area contributed by atoms with Gasteiger partial charge in [0.1, 0.15) is 11.5 Å². The highest BCUT2D eigenvalue weighted by molar-refractivity contribution is 9.10. The van der Waals surface area contributed by atoms with Crippen molar-refractivity contribution in [3.63, 3.8) is 0 Å². The first-order chi connectivity index (χ1) is 14.6. The Morgan fingerprint density at radius 2 is 1.87 bits per heavy atom. The van der Waals surface area contributed by atoms with E-state index in [1.807, 2.05) is 77.8 Å². The summed E-state index contributed by atoms with van der Waals surface area (Å²) in [5, 5.41) is 6.65. The smallest absolute Gasteiger partial charge is 0.251 e. The monoisotopic (exact) mass is 462 g/mol. The lowest BCUT2D eigenvalue weighted by Crippen LogP contribution is -2.45. The molecule has 6 heteroatoms. The molecule has 0 amide bonds. The molecule has 0 saturated carbocycles. The molecule has 3 aromatic carbocycles. The quantitative estimate of drug-likeness (QED) is 0.499. The largest absolute Gasteiger partial charge is 0.497 e. The van der Waals surface area contributed by atoms with Crippen LogP contribution in [-0.2, 0) is 0 Å². The molecule has 0 aromatic heterocycles. The fraction of sp³-hybridized carbons (Fsp3) is 0.167. The molecule has 3 aromatic rings. The van der Waals surface area contributed by atoms with Crippen LogP contribution in [0.3, 0.4) is 0 Å². The van der Waals surface area contributed by atoms with Crippen LogP contribution >= 0.6 is 15.9 Å². The summed E-state index contributed by atoms with van der Waals surface area (Å²) < 4.78 is 12.4. The number of benzene rings is 3. The number of carbonyl (C=O) groups excluding carboxylic acids is 1. The number of nitrogens with zero attached hydrogens (tertiary/aromatic N) is 2. The molecule has 0 bridgehead atoms. The SMILES string of the molecule is COc1ccc(C2=NN3[C@@H](C(=O)c4ccccc4)Oc4ccc(Br)cc4[C@@H]3C2)cc1. The maximum atomic E-state index is 13.3. The van der Waals surface area contributed by atoms with E-state index in [9.17, 15) is 4.79 Å². The van der Waals surface area contributed by atoms with Crippen LogP contribution in [-0.4, -0.2) is 29.8 Å². The predicted molar refractivity (Wildman–Crippen MR) is 118 cm³/mol. The maximum Gasteiger partial charge on any atom is 0.251 e. The van der Waals surface area contributed by atoms with Gasteiger partial charge in [-0.2, -0.15) is 5.10 Å². The van der Waals surface area contributed by atoms with Crippen LogP contribution in [0.4, 0.5) is 0 Å². The number of methoxy groups -OCH3 is 1. The van der Waals surface area contributed by atoms with Gasteiger partial charge in [-0.25, -0.2) is 5.01 Å². The number of ketones is 1. The van der Waals surface area contributed by atoms with E-state index in [4.69, 9.17) is 14.6 Å². The number of fused-ring (bicyclic) bond motifs is 3. The summed E-state index contributed by atoms with van der Waals surface area (Å²) in [6, 6.07) is 22.9. The maximum absolute atomic E-state index is 13.3. The van der Waals surface area contributed by atoms with Crippen molar-refractivity contribution in [2.24, 2.45) is 5.10 Å². The molecule has 150 valence electrons. The normalized spacial score (nSPS) is 19.4. The molecule has 30 heavy (non-hydrogen) atoms. The van der Waals surface area contributed by atoms with E-state index in [1.54, 1.807) is 7.11 Å². The minimum absolute atomic E-state index is 0.0685. The van der Waals surface area contributed by atoms with Gasteiger partial charge in [0.15, 0.2) is 0 Å². The Kier molecular flexibility index (Phi) is 4.79. The van der Waals surface area contributed by atoms with Crippen LogP contribution in [0.1, 0.15) is 33.9 Å². The molecule has 0 aliphatic carbocycles. The van der Waals surface area contributed by atoms with Gasteiger partial charge >= 0.3 is 0 Å². The first kappa shape index (κ1) is 18.9. The van der Waals surface area contributed by atoms with Gasteiger partial charge in [0, 0.05) is 22.0 Å². The topological polar surface area (TPSA) is 51.1 Å². The summed E-state index contributed by atoms with van der Waals surface area (Å²) in [6.07, 6.45) is -0.112. The Morgan fingerprint density at radius 1 is 1.10 bits per heavy atom. The second-order valence-electron chi connectivity index (χ2n) is 7.26. The molecule has 0 N–H and O–H groups in total. The molecular formula is C24H19BrN2O3. The Labute approximate surface area is 183 Å². The van der Waals surface area contributed by atoms with E-state index in [-0.39, 0.29) is 11.8 Å². The number of halogens is 1. The third-order valence-corrected chi connectivity index (χ3v) is 5.95. The van der Waals surface area contributed by atoms with Crippen LogP contribution < -0.4 is 9.47 Å². The minimum atomic E-state index is -0.804. The first-order valence-electron chi connectivity index (χ1n) is 9.69. The van der Waals surface area contributed by atoms with Crippen LogP contribution in [0.5, 0.6) is 11.5 Å². The van der Waals surface area contributed by atoms with E-state index in [0.29, 0.717) is 12.0 Å². The predicted octanol–water partition coefficient (Wildman–Crippen LogP) is 5.21. The molecule has 2 heterocycles. The second-order valence-corrected chi connectivity index (χ2v) is 8.17. The van der Waals surface area contributed by atoms with Crippen molar-refractivity contribution >= 4 is 27.4 Å². The van der Waals surface area contributed by atoms with Gasteiger partial charge in [0.2, 0.25) is 5.78 Å². The lowest BCUT2D eigenvalue weighted by molar-refractivity contribution is -0.00459. The summed E-state index contributed by atoms with van der Waals surface area (Å²) in [5.74, 6) is 1.42. The molecule has 0 saturated heterocycles. The zero-order valence-corrected chi connectivity index (χ0v) is 17.9. The summed E-state index contributed by atoms with van der Waals surface area (Å²) in [4.78, 5) is 13.3. The van der Waals surface area contributed by atoms with Gasteiger partial charge < -0.3 is 9.47 Å². The highest BCUT2D eigenvalue weighted by atomic mass is 79.9. The fourth-order valence-electron chi connectivity index (χ4n) is 3.93. The summed E-state index contributed by atoms with van der Waals surface area (Å²) in [5.41, 5.74) is 3.56. The number of hydrogen-bond acceptors (Lipinski definition) is 5. The number of hydrogen-bond donors (Lipinski definition) is 0. The molecule has 0 unspecified atom stereocenters. The molecule has 0 spiro atoms. The molecule has 5 rings (SSSR count). The van der Waals surface area contributed by atoms with Crippen LogP contribution in [0.2, 0.25) is 0 Å². The van der Waals surface area contributed by atoms with E-state index in [0.717, 1.165) is 32.8 Å². The Morgan fingerprint density at radius 3 is 2.60 bits per heavy atom. The molecular weight excluding hydrogens is 444 g/mol. The van der Waals surface area contributed by atoms with Crippen molar-refractivity contribution in [2.75, 3.05) is 7.11 Å². The molecule has 2 atom stereocenters. The van der Waals surface area contributed by atoms with Gasteiger partial charge in [-0.15, -0.1) is 0 Å². The van der Waals surface area contributed by atoms with Crippen molar-refractivity contribution in [3.8, 4) is 11.5 Å². The van der Waals surface area contributed by atoms with Crippen molar-refractivity contribution in [1.82, 2.24) is 5.01 Å². The summed E-state index contributed by atoms with van der Waals surface area (Å²) in [6.45, 7) is 0. The summed E-state index contributed by atoms with van der Waals surface area (Å²) >= 11 is 3.55. The number of carbonyl (C=O) groups is 1. The van der Waals surface area contributed by atoms with Gasteiger partial charge in [0.05, 0.1) is 18.9 Å². The molecule has 5 nitrogen and oxygen atoms in total. The van der Waals surface area contributed by atoms with Gasteiger partial charge in [-0.3, -0.25) is 4.79 Å². The Hall–Kier alpha value is -3.12. The standard InChI is InChI=1S/C24H19BrN2O3/c1-29-18-10-7-15(8-11-18)20-14-21-19-13-17(25)9-12-22(19)30-24(27(21)26-20)23(28)16-5-3-2-4-6-16/h2-13,21,24H,14H2,1H3/t21-,24+/m0/s1. The van der Waals surface area contributed by atoms with E-state index >= 15 is 0 Å². The van der Waals surface area contributed by atoms with Crippen LogP contribution in [0, 0.1) is 0 Å². The molecule has 0 radical (unpaired) electrons. The number of Topliss-reactive ketones (excluding diaryl/α,β-unsaturated/α-hetero) is 1. The highest BCUT2D eigenvalue weighted by Crippen LogP contribution is 2.44. The Balaban J connectivity index is 1.56. The molecule has 2 aliphatic rings. The van der Waals surface area contributed by atoms with Crippen LogP contribution in [0.25, 0.3) is 0 Å². The van der Waals surface area contributed by atoms with Crippen molar-refractivity contribution in [1.29, 1.82) is 0 Å². The van der Waals surface area contributed by atoms with Gasteiger partial charge in [0.25, 0.3) is 6.23 Å². The fourth-order valence-corrected chi connectivity index (χ4v) is 4.31. The molecule has 2 aliphatic heterocycles. The van der Waals surface area contributed by atoms with E-state index in [1.165, 1.54) is 0 Å². The van der Waals surface area contributed by atoms with Gasteiger partial charge in [-0.05, 0) is 48.0 Å². The van der Waals surface area contributed by atoms with Gasteiger partial charge in [-0.1, -0.05) is 46.3 Å². The van der Waals surface area contributed by atoms with Crippen molar-refractivity contribution in [2.45, 2.75) is 18.7 Å². The van der Waals surface area contributed by atoms with E-state index < -0.39 is 6.23 Å². The summed E-state index contributed by atoms with van der Waals surface area (Å²) in [7, 11) is 1.65. The minimum Gasteiger partial charge on any atom is -0.497 e. The zero-order valence-electron chi connectivity index (χ0n) is 16.3. The Bertz CT molecular complexity index is 1130. The van der Waals surface area contributed by atoms with E-state index in [2.05, 4.69) is 15.9 Å². The van der Waals surface area contributed by atoms with Crippen molar-refractivity contribution < 1.29 is 14.3 Å². The zero-order chi connectivity index (χ0) is 20.7. The number of rotatable bonds is 4. The lowest BCUT2D eigenvalue weighted by Gasteiger charge is -2.37. The average molecular weight is 463 g/mol. The molecule has 0 fully saturated rings. The highest BCUT2D eigenvalue weighted by Gasteiger charge is 2.43. The lowest BCUT2D eigenvalue weighted by atomic mass is 9.96. The van der Waals surface area contributed by atoms with Crippen LogP contribution in [0.15, 0.2) is 82.4 Å².